The molecular weight excluding hydrogens is 636 g/mol. The number of carbonyl (C=O) groups is 5. The van der Waals surface area contributed by atoms with Crippen LogP contribution in [0.5, 0.6) is 0 Å². The van der Waals surface area contributed by atoms with Crippen molar-refractivity contribution >= 4 is 35.8 Å². The van der Waals surface area contributed by atoms with Crippen molar-refractivity contribution in [2.75, 3.05) is 33.6 Å². The molecule has 2 amide bonds. The third-order valence-electron chi connectivity index (χ3n) is 8.58. The molecule has 13 nitrogen and oxygen atoms in total. The number of cyclic esters (lactones) is 1. The zero-order valence-electron chi connectivity index (χ0n) is 27.5. The van der Waals surface area contributed by atoms with Gasteiger partial charge in [0, 0.05) is 43.5 Å². The first-order chi connectivity index (χ1) is 23.5. The standard InChI is InChI=1S/C36H40N2O11/c1-36(2)20-45-35(44)31(36)49-29(40)13-12-23-10-7-11-24(16-23)34(43)48-28-19-25(18-27-30(28)47-21-46-27)33(42)38(3)26(32(41)37-14-15-39)17-22-8-5-4-6-9-22/h4-13,16,18,26-28,30-31,39H,14-15,17,19-21H2,1-3H3,(H,37,41)/t26-,27-,28-,30-,31+/m1/s1. The van der Waals surface area contributed by atoms with E-state index in [9.17, 15) is 29.1 Å². The summed E-state index contributed by atoms with van der Waals surface area (Å²) in [6.45, 7) is 3.42. The quantitative estimate of drug-likeness (QED) is 0.192. The average molecular weight is 677 g/mol. The maximum Gasteiger partial charge on any atom is 0.348 e. The molecule has 0 aromatic heterocycles. The molecule has 2 aromatic rings. The van der Waals surface area contributed by atoms with Crippen LogP contribution < -0.4 is 5.32 Å². The number of rotatable bonds is 12. The molecule has 2 aliphatic heterocycles. The van der Waals surface area contributed by atoms with Crippen LogP contribution in [0.1, 0.15) is 41.8 Å². The van der Waals surface area contributed by atoms with Crippen molar-refractivity contribution < 1.29 is 52.8 Å². The zero-order valence-corrected chi connectivity index (χ0v) is 27.5. The van der Waals surface area contributed by atoms with Gasteiger partial charge >= 0.3 is 17.9 Å². The summed E-state index contributed by atoms with van der Waals surface area (Å²) < 4.78 is 27.6. The van der Waals surface area contributed by atoms with E-state index in [0.717, 1.165) is 11.6 Å². The Hall–Kier alpha value is -4.85. The molecule has 3 aliphatic rings. The predicted octanol–water partition coefficient (Wildman–Crippen LogP) is 1.97. The SMILES string of the molecule is CN(C(=O)C1=C[C@H]2OCO[C@H]2[C@H](OC(=O)c2cccc(C=CC(=O)O[C@H]3C(=O)OCC3(C)C)c2)C1)[C@H](Cc1ccccc1)C(=O)NCCO. The molecule has 0 saturated carbocycles. The van der Waals surface area contributed by atoms with E-state index in [-0.39, 0.29) is 45.0 Å². The van der Waals surface area contributed by atoms with Gasteiger partial charge in [0.2, 0.25) is 17.9 Å². The van der Waals surface area contributed by atoms with Crippen LogP contribution in [0.2, 0.25) is 0 Å². The fraction of sp³-hybridized carbons (Fsp3) is 0.417. The molecule has 2 N–H and O–H groups in total. The first-order valence-corrected chi connectivity index (χ1v) is 16.0. The van der Waals surface area contributed by atoms with Gasteiger partial charge in [0.05, 0.1) is 12.2 Å². The Bertz CT molecular complexity index is 1620. The number of fused-ring (bicyclic) bond motifs is 1. The minimum Gasteiger partial charge on any atom is -0.462 e. The molecule has 2 fully saturated rings. The van der Waals surface area contributed by atoms with Crippen LogP contribution in [0.3, 0.4) is 0 Å². The second-order valence-electron chi connectivity index (χ2n) is 12.7. The Morgan fingerprint density at radius 3 is 2.57 bits per heavy atom. The number of nitrogens with one attached hydrogen (secondary N) is 1. The van der Waals surface area contributed by atoms with E-state index in [2.05, 4.69) is 5.32 Å². The van der Waals surface area contributed by atoms with Crippen molar-refractivity contribution in [2.24, 2.45) is 5.41 Å². The Kier molecular flexibility index (Phi) is 11.3. The van der Waals surface area contributed by atoms with Crippen molar-refractivity contribution in [1.82, 2.24) is 10.2 Å². The molecule has 2 saturated heterocycles. The van der Waals surface area contributed by atoms with Gasteiger partial charge in [-0.15, -0.1) is 0 Å². The van der Waals surface area contributed by atoms with Gasteiger partial charge in [-0.25, -0.2) is 14.4 Å². The summed E-state index contributed by atoms with van der Waals surface area (Å²) >= 11 is 0. The van der Waals surface area contributed by atoms with Crippen molar-refractivity contribution in [2.45, 2.75) is 57.1 Å². The average Bonchev–Trinajstić information content (AvgIpc) is 3.68. The van der Waals surface area contributed by atoms with Gasteiger partial charge in [0.25, 0.3) is 0 Å². The first kappa shape index (κ1) is 35.5. The lowest BCUT2D eigenvalue weighted by Crippen LogP contribution is -2.51. The number of likely N-dealkylation sites (N-methyl/N-ethyl adjacent to an activating group) is 1. The number of amides is 2. The normalized spacial score (nSPS) is 23.2. The van der Waals surface area contributed by atoms with Gasteiger partial charge in [0.1, 0.15) is 37.8 Å². The monoisotopic (exact) mass is 676 g/mol. The molecule has 0 spiro atoms. The Labute approximate surface area is 283 Å². The maximum absolute atomic E-state index is 13.9. The van der Waals surface area contributed by atoms with E-state index in [0.29, 0.717) is 11.1 Å². The van der Waals surface area contributed by atoms with E-state index in [1.165, 1.54) is 24.1 Å². The molecule has 5 rings (SSSR count). The second-order valence-corrected chi connectivity index (χ2v) is 12.7. The number of esters is 3. The van der Waals surface area contributed by atoms with Gasteiger partial charge in [-0.3, -0.25) is 9.59 Å². The van der Waals surface area contributed by atoms with E-state index in [1.807, 2.05) is 30.3 Å². The zero-order chi connectivity index (χ0) is 35.1. The number of nitrogens with zero attached hydrogens (tertiary/aromatic N) is 1. The molecule has 0 unspecified atom stereocenters. The van der Waals surface area contributed by atoms with Crippen LogP contribution in [0, 0.1) is 5.41 Å². The van der Waals surface area contributed by atoms with Crippen molar-refractivity contribution in [1.29, 1.82) is 0 Å². The first-order valence-electron chi connectivity index (χ1n) is 16.0. The van der Waals surface area contributed by atoms with Gasteiger partial charge in [0.15, 0.2) is 0 Å². The minimum atomic E-state index is -1.02. The summed E-state index contributed by atoms with van der Waals surface area (Å²) in [6.07, 6.45) is 1.31. The molecule has 0 bridgehead atoms. The number of benzene rings is 2. The lowest BCUT2D eigenvalue weighted by Gasteiger charge is -2.33. The summed E-state index contributed by atoms with van der Waals surface area (Å²) in [7, 11) is 1.53. The maximum atomic E-state index is 13.9. The third-order valence-corrected chi connectivity index (χ3v) is 8.58. The van der Waals surface area contributed by atoms with Crippen LogP contribution in [-0.2, 0) is 49.3 Å². The van der Waals surface area contributed by atoms with Crippen LogP contribution in [0.25, 0.3) is 6.08 Å². The Balaban J connectivity index is 1.26. The molecule has 0 radical (unpaired) electrons. The minimum absolute atomic E-state index is 0.0150. The fourth-order valence-corrected chi connectivity index (χ4v) is 5.85. The molecule has 13 heteroatoms. The summed E-state index contributed by atoms with van der Waals surface area (Å²) in [4.78, 5) is 66.1. The Morgan fingerprint density at radius 2 is 1.86 bits per heavy atom. The summed E-state index contributed by atoms with van der Waals surface area (Å²) in [5, 5.41) is 11.9. The highest BCUT2D eigenvalue weighted by Crippen LogP contribution is 2.33. The smallest absolute Gasteiger partial charge is 0.348 e. The molecule has 5 atom stereocenters. The van der Waals surface area contributed by atoms with Crippen molar-refractivity contribution in [3.05, 3.63) is 89.0 Å². The number of hydrogen-bond donors (Lipinski definition) is 2. The summed E-state index contributed by atoms with van der Waals surface area (Å²) in [5.74, 6) is -2.87. The van der Waals surface area contributed by atoms with Crippen molar-refractivity contribution in [3.63, 3.8) is 0 Å². The van der Waals surface area contributed by atoms with Crippen LogP contribution in [0.4, 0.5) is 0 Å². The summed E-state index contributed by atoms with van der Waals surface area (Å²) in [6, 6.07) is 14.8. The van der Waals surface area contributed by atoms with Gasteiger partial charge in [-0.05, 0) is 35.4 Å². The number of aliphatic hydroxyl groups excluding tert-OH is 1. The van der Waals surface area contributed by atoms with Crippen LogP contribution in [-0.4, -0.2) is 104 Å². The highest BCUT2D eigenvalue weighted by Gasteiger charge is 2.46. The van der Waals surface area contributed by atoms with E-state index < -0.39 is 65.6 Å². The number of aliphatic hydroxyl groups is 1. The number of hydrogen-bond acceptors (Lipinski definition) is 11. The van der Waals surface area contributed by atoms with E-state index in [4.69, 9.17) is 23.7 Å². The summed E-state index contributed by atoms with van der Waals surface area (Å²) in [5.41, 5.74) is 1.19. The lowest BCUT2D eigenvalue weighted by molar-refractivity contribution is -0.159. The molecule has 49 heavy (non-hydrogen) atoms. The third kappa shape index (κ3) is 8.60. The number of carbonyl (C=O) groups excluding carboxylic acids is 5. The fourth-order valence-electron chi connectivity index (χ4n) is 5.85. The Morgan fingerprint density at radius 1 is 1.08 bits per heavy atom. The van der Waals surface area contributed by atoms with E-state index >= 15 is 0 Å². The number of ether oxygens (including phenoxy) is 5. The molecule has 2 heterocycles. The van der Waals surface area contributed by atoms with Gasteiger partial charge < -0.3 is 39.0 Å². The van der Waals surface area contributed by atoms with Gasteiger partial charge in [-0.2, -0.15) is 0 Å². The molecular formula is C36H40N2O11. The van der Waals surface area contributed by atoms with Crippen LogP contribution in [0.15, 0.2) is 72.3 Å². The van der Waals surface area contributed by atoms with Gasteiger partial charge in [-0.1, -0.05) is 56.3 Å². The molecule has 1 aliphatic carbocycles. The second kappa shape index (κ2) is 15.6. The highest BCUT2D eigenvalue weighted by atomic mass is 16.7. The topological polar surface area (TPSA) is 167 Å². The molecule has 2 aromatic carbocycles. The predicted molar refractivity (Wildman–Crippen MR) is 173 cm³/mol. The van der Waals surface area contributed by atoms with E-state index in [1.54, 1.807) is 38.1 Å². The largest absolute Gasteiger partial charge is 0.462 e. The molecule has 260 valence electrons. The highest BCUT2D eigenvalue weighted by molar-refractivity contribution is 5.97. The lowest BCUT2D eigenvalue weighted by atomic mass is 9.90. The van der Waals surface area contributed by atoms with Crippen LogP contribution >= 0.6 is 0 Å². The van der Waals surface area contributed by atoms with Crippen molar-refractivity contribution in [3.8, 4) is 0 Å².